The molecule has 0 fully saturated rings. The van der Waals surface area contributed by atoms with Crippen LogP contribution in [0.4, 0.5) is 0 Å². The molecule has 0 unspecified atom stereocenters. The molecule has 0 saturated heterocycles. The Morgan fingerprint density at radius 2 is 1.75 bits per heavy atom. The number of carbonyl (C=O) groups is 2. The van der Waals surface area contributed by atoms with Crippen molar-refractivity contribution in [3.8, 4) is 0 Å². The predicted molar refractivity (Wildman–Crippen MR) is 70.6 cm³/mol. The Kier molecular flexibility index (Phi) is 5.66. The van der Waals surface area contributed by atoms with Gasteiger partial charge in [-0.05, 0) is 12.5 Å². The summed E-state index contributed by atoms with van der Waals surface area (Å²) in [6.07, 6.45) is -0.654. The van der Waals surface area contributed by atoms with Crippen LogP contribution in [0.5, 0.6) is 0 Å². The molecule has 110 valence electrons. The summed E-state index contributed by atoms with van der Waals surface area (Å²) < 4.78 is 10.1. The smallest absolute Gasteiger partial charge is 0.348 e. The van der Waals surface area contributed by atoms with E-state index in [4.69, 9.17) is 9.47 Å². The van der Waals surface area contributed by atoms with Gasteiger partial charge in [-0.1, -0.05) is 30.3 Å². The van der Waals surface area contributed by atoms with Gasteiger partial charge in [0.05, 0.1) is 12.7 Å². The molecular weight excluding hydrogens is 264 g/mol. The summed E-state index contributed by atoms with van der Waals surface area (Å²) in [7, 11) is 1.44. The third-order valence-corrected chi connectivity index (χ3v) is 2.95. The molecule has 1 aromatic rings. The van der Waals surface area contributed by atoms with Gasteiger partial charge in [-0.3, -0.25) is 0 Å². The molecular formula is C14H18O6. The summed E-state index contributed by atoms with van der Waals surface area (Å²) in [6, 6.07) is 8.50. The van der Waals surface area contributed by atoms with Crippen LogP contribution in [0, 0.1) is 0 Å². The minimum atomic E-state index is -2.31. The highest BCUT2D eigenvalue weighted by atomic mass is 16.6. The quantitative estimate of drug-likeness (QED) is 0.696. The average Bonchev–Trinajstić information content (AvgIpc) is 2.43. The predicted octanol–water partition coefficient (Wildman–Crippen LogP) is 1.19. The van der Waals surface area contributed by atoms with E-state index in [1.807, 2.05) is 0 Å². The lowest BCUT2D eigenvalue weighted by Gasteiger charge is -2.26. The van der Waals surface area contributed by atoms with Crippen molar-refractivity contribution in [2.45, 2.75) is 25.0 Å². The number of hydrogen-bond donors (Lipinski definition) is 2. The van der Waals surface area contributed by atoms with Crippen molar-refractivity contribution < 1.29 is 29.3 Å². The van der Waals surface area contributed by atoms with Gasteiger partial charge >= 0.3 is 11.9 Å². The second kappa shape index (κ2) is 7.02. The summed E-state index contributed by atoms with van der Waals surface area (Å²) in [5, 5.41) is 18.6. The summed E-state index contributed by atoms with van der Waals surface area (Å²) in [5.41, 5.74) is -1.74. The Bertz CT molecular complexity index is 442. The van der Waals surface area contributed by atoms with Crippen LogP contribution in [0.2, 0.25) is 0 Å². The molecule has 0 aliphatic carbocycles. The number of rotatable bonds is 8. The monoisotopic (exact) mass is 282 g/mol. The number of carboxylic acids is 2. The van der Waals surface area contributed by atoms with E-state index in [1.54, 1.807) is 37.3 Å². The number of hydrogen-bond acceptors (Lipinski definition) is 4. The summed E-state index contributed by atoms with van der Waals surface area (Å²) >= 11 is 0. The second-order valence-corrected chi connectivity index (χ2v) is 4.46. The van der Waals surface area contributed by atoms with E-state index in [2.05, 4.69) is 0 Å². The molecule has 0 aliphatic rings. The molecule has 0 spiro atoms. The number of methoxy groups -OCH3 is 1. The van der Waals surface area contributed by atoms with Gasteiger partial charge in [0, 0.05) is 13.5 Å². The molecule has 0 heterocycles. The summed E-state index contributed by atoms with van der Waals surface area (Å²) in [6.45, 7) is 1.54. The molecule has 1 rings (SSSR count). The zero-order chi connectivity index (χ0) is 15.2. The number of carboxylic acid groups (broad SMARTS) is 2. The van der Waals surface area contributed by atoms with Gasteiger partial charge in [0.15, 0.2) is 0 Å². The standard InChI is InChI=1S/C14H18O6/c1-10(19-2)9-20-14(12(15)16,13(17)18)8-11-6-4-3-5-7-11/h3-7,10H,8-9H2,1-2H3,(H,15,16)(H,17,18)/t10-/m0/s1. The largest absolute Gasteiger partial charge is 0.479 e. The third-order valence-electron chi connectivity index (χ3n) is 2.95. The minimum Gasteiger partial charge on any atom is -0.479 e. The van der Waals surface area contributed by atoms with Crippen molar-refractivity contribution in [1.82, 2.24) is 0 Å². The molecule has 20 heavy (non-hydrogen) atoms. The van der Waals surface area contributed by atoms with E-state index < -0.39 is 23.6 Å². The van der Waals surface area contributed by atoms with Crippen LogP contribution in [-0.2, 0) is 25.5 Å². The lowest BCUT2D eigenvalue weighted by Crippen LogP contribution is -2.52. The van der Waals surface area contributed by atoms with Gasteiger partial charge < -0.3 is 19.7 Å². The first-order valence-corrected chi connectivity index (χ1v) is 6.10. The fraction of sp³-hybridized carbons (Fsp3) is 0.429. The number of ether oxygens (including phenoxy) is 2. The van der Waals surface area contributed by atoms with Crippen LogP contribution in [0.3, 0.4) is 0 Å². The highest BCUT2D eigenvalue weighted by Gasteiger charge is 2.48. The Morgan fingerprint density at radius 3 is 2.20 bits per heavy atom. The van der Waals surface area contributed by atoms with Gasteiger partial charge in [-0.25, -0.2) is 9.59 Å². The van der Waals surface area contributed by atoms with Crippen molar-refractivity contribution in [3.05, 3.63) is 35.9 Å². The highest BCUT2D eigenvalue weighted by molar-refractivity contribution is 6.02. The molecule has 6 nitrogen and oxygen atoms in total. The fourth-order valence-corrected chi connectivity index (χ4v) is 1.63. The summed E-state index contributed by atoms with van der Waals surface area (Å²) in [5.74, 6) is -3.06. The highest BCUT2D eigenvalue weighted by Crippen LogP contribution is 2.20. The Morgan fingerprint density at radius 1 is 1.20 bits per heavy atom. The topological polar surface area (TPSA) is 93.1 Å². The fourth-order valence-electron chi connectivity index (χ4n) is 1.63. The van der Waals surface area contributed by atoms with Gasteiger partial charge in [0.25, 0.3) is 5.60 Å². The van der Waals surface area contributed by atoms with Gasteiger partial charge in [0.2, 0.25) is 0 Å². The minimum absolute atomic E-state index is 0.123. The van der Waals surface area contributed by atoms with E-state index in [0.29, 0.717) is 5.56 Å². The normalized spacial score (nSPS) is 12.9. The van der Waals surface area contributed by atoms with Gasteiger partial charge in [-0.15, -0.1) is 0 Å². The molecule has 1 aromatic carbocycles. The van der Waals surface area contributed by atoms with E-state index in [0.717, 1.165) is 0 Å². The maximum Gasteiger partial charge on any atom is 0.348 e. The third kappa shape index (κ3) is 3.79. The SMILES string of the molecule is CO[C@@H](C)COC(Cc1ccccc1)(C(=O)O)C(=O)O. The van der Waals surface area contributed by atoms with Crippen molar-refractivity contribution in [2.24, 2.45) is 0 Å². The molecule has 0 aliphatic heterocycles. The molecule has 0 saturated carbocycles. The van der Waals surface area contributed by atoms with E-state index in [-0.39, 0.29) is 13.0 Å². The first-order valence-electron chi connectivity index (χ1n) is 6.10. The first kappa shape index (κ1) is 16.1. The van der Waals surface area contributed by atoms with Crippen LogP contribution in [0.25, 0.3) is 0 Å². The molecule has 0 radical (unpaired) electrons. The Labute approximate surface area is 116 Å². The Balaban J connectivity index is 2.99. The van der Waals surface area contributed by atoms with Crippen LogP contribution >= 0.6 is 0 Å². The van der Waals surface area contributed by atoms with Gasteiger partial charge in [0.1, 0.15) is 0 Å². The van der Waals surface area contributed by atoms with Crippen LogP contribution in [0.15, 0.2) is 30.3 Å². The molecule has 1 atom stereocenters. The first-order chi connectivity index (χ1) is 9.42. The van der Waals surface area contributed by atoms with E-state index in [1.165, 1.54) is 7.11 Å². The number of benzene rings is 1. The maximum atomic E-state index is 11.4. The van der Waals surface area contributed by atoms with Crippen LogP contribution in [0.1, 0.15) is 12.5 Å². The van der Waals surface area contributed by atoms with Crippen molar-refractivity contribution >= 4 is 11.9 Å². The molecule has 0 amide bonds. The van der Waals surface area contributed by atoms with Crippen molar-refractivity contribution in [1.29, 1.82) is 0 Å². The van der Waals surface area contributed by atoms with Gasteiger partial charge in [-0.2, -0.15) is 0 Å². The lowest BCUT2D eigenvalue weighted by molar-refractivity contribution is -0.187. The van der Waals surface area contributed by atoms with Crippen molar-refractivity contribution in [2.75, 3.05) is 13.7 Å². The van der Waals surface area contributed by atoms with Crippen LogP contribution in [-0.4, -0.2) is 47.6 Å². The average molecular weight is 282 g/mol. The zero-order valence-corrected chi connectivity index (χ0v) is 11.4. The molecule has 6 heteroatoms. The second-order valence-electron chi connectivity index (χ2n) is 4.46. The van der Waals surface area contributed by atoms with Crippen LogP contribution < -0.4 is 0 Å². The molecule has 0 aromatic heterocycles. The summed E-state index contributed by atoms with van der Waals surface area (Å²) in [4.78, 5) is 22.8. The molecule has 0 bridgehead atoms. The Hall–Kier alpha value is -1.92. The maximum absolute atomic E-state index is 11.4. The van der Waals surface area contributed by atoms with Crippen molar-refractivity contribution in [3.63, 3.8) is 0 Å². The van der Waals surface area contributed by atoms with E-state index >= 15 is 0 Å². The number of aliphatic carboxylic acids is 2. The molecule has 2 N–H and O–H groups in total. The van der Waals surface area contributed by atoms with E-state index in [9.17, 15) is 19.8 Å². The lowest BCUT2D eigenvalue weighted by atomic mass is 9.94. The zero-order valence-electron chi connectivity index (χ0n) is 11.4.